The Hall–Kier alpha value is -2.02. The SMILES string of the molecule is Cc1ccc2nc(Cl)c(/C=N/NC(=O)CN3CCOCC3)cc2c1. The number of aromatic nitrogens is 1. The first-order valence-electron chi connectivity index (χ1n) is 7.81. The van der Waals surface area contributed by atoms with Crippen molar-refractivity contribution in [3.63, 3.8) is 0 Å². The molecule has 1 N–H and O–H groups in total. The maximum absolute atomic E-state index is 11.9. The third-order valence-electron chi connectivity index (χ3n) is 3.81. The molecular formula is C17H19ClN4O2. The van der Waals surface area contributed by atoms with E-state index in [2.05, 4.69) is 15.5 Å². The number of ether oxygens (including phenoxy) is 1. The molecule has 1 fully saturated rings. The van der Waals surface area contributed by atoms with E-state index >= 15 is 0 Å². The molecule has 1 saturated heterocycles. The zero-order valence-electron chi connectivity index (χ0n) is 13.5. The minimum absolute atomic E-state index is 0.158. The van der Waals surface area contributed by atoms with Gasteiger partial charge in [-0.25, -0.2) is 10.4 Å². The van der Waals surface area contributed by atoms with Crippen LogP contribution in [0.5, 0.6) is 0 Å². The molecule has 1 aliphatic rings. The summed E-state index contributed by atoms with van der Waals surface area (Å²) in [5.41, 5.74) is 5.17. The molecule has 2 aromatic rings. The maximum atomic E-state index is 11.9. The van der Waals surface area contributed by atoms with Crippen molar-refractivity contribution < 1.29 is 9.53 Å². The highest BCUT2D eigenvalue weighted by Crippen LogP contribution is 2.20. The molecule has 6 nitrogen and oxygen atoms in total. The standard InChI is InChI=1S/C17H19ClN4O2/c1-12-2-3-15-13(8-12)9-14(17(18)20-15)10-19-21-16(23)11-22-4-6-24-7-5-22/h2-3,8-10H,4-7,11H2,1H3,(H,21,23)/b19-10+. The predicted molar refractivity (Wildman–Crippen MR) is 94.5 cm³/mol. The van der Waals surface area contributed by atoms with Crippen LogP contribution < -0.4 is 5.43 Å². The fourth-order valence-corrected chi connectivity index (χ4v) is 2.75. The number of aryl methyl sites for hydroxylation is 1. The molecule has 0 bridgehead atoms. The number of hydrogen-bond acceptors (Lipinski definition) is 5. The monoisotopic (exact) mass is 346 g/mol. The molecule has 24 heavy (non-hydrogen) atoms. The number of fused-ring (bicyclic) bond motifs is 1. The van der Waals surface area contributed by atoms with Crippen molar-refractivity contribution in [2.24, 2.45) is 5.10 Å². The van der Waals surface area contributed by atoms with Crippen LogP contribution in [-0.2, 0) is 9.53 Å². The largest absolute Gasteiger partial charge is 0.379 e. The van der Waals surface area contributed by atoms with Gasteiger partial charge < -0.3 is 4.74 Å². The summed E-state index contributed by atoms with van der Waals surface area (Å²) in [5, 5.41) is 5.34. The van der Waals surface area contributed by atoms with Gasteiger partial charge in [0.15, 0.2) is 0 Å². The van der Waals surface area contributed by atoms with Gasteiger partial charge in [-0.3, -0.25) is 9.69 Å². The molecule has 1 amide bonds. The molecule has 1 aromatic heterocycles. The highest BCUT2D eigenvalue weighted by Gasteiger charge is 2.13. The lowest BCUT2D eigenvalue weighted by Crippen LogP contribution is -2.42. The molecule has 3 rings (SSSR count). The molecule has 1 aromatic carbocycles. The molecule has 1 aliphatic heterocycles. The zero-order valence-corrected chi connectivity index (χ0v) is 14.2. The van der Waals surface area contributed by atoms with E-state index in [1.807, 2.05) is 36.1 Å². The summed E-state index contributed by atoms with van der Waals surface area (Å²) in [5.74, 6) is -0.158. The summed E-state index contributed by atoms with van der Waals surface area (Å²) in [4.78, 5) is 18.3. The zero-order chi connectivity index (χ0) is 16.9. The van der Waals surface area contributed by atoms with Crippen molar-refractivity contribution in [1.82, 2.24) is 15.3 Å². The number of rotatable bonds is 4. The molecule has 7 heteroatoms. The van der Waals surface area contributed by atoms with Crippen molar-refractivity contribution in [3.05, 3.63) is 40.5 Å². The smallest absolute Gasteiger partial charge is 0.254 e. The number of morpholine rings is 1. The van der Waals surface area contributed by atoms with Crippen LogP contribution in [0, 0.1) is 6.92 Å². The highest BCUT2D eigenvalue weighted by atomic mass is 35.5. The van der Waals surface area contributed by atoms with Gasteiger partial charge in [0, 0.05) is 24.0 Å². The van der Waals surface area contributed by atoms with Gasteiger partial charge in [0.25, 0.3) is 5.91 Å². The first kappa shape index (κ1) is 16.8. The van der Waals surface area contributed by atoms with Crippen LogP contribution in [0.15, 0.2) is 29.4 Å². The van der Waals surface area contributed by atoms with E-state index in [1.54, 1.807) is 0 Å². The summed E-state index contributed by atoms with van der Waals surface area (Å²) >= 11 is 6.18. The van der Waals surface area contributed by atoms with Crippen LogP contribution in [0.2, 0.25) is 5.15 Å². The minimum atomic E-state index is -0.158. The van der Waals surface area contributed by atoms with Gasteiger partial charge in [-0.2, -0.15) is 5.10 Å². The quantitative estimate of drug-likeness (QED) is 0.522. The average molecular weight is 347 g/mol. The highest BCUT2D eigenvalue weighted by molar-refractivity contribution is 6.32. The summed E-state index contributed by atoms with van der Waals surface area (Å²) < 4.78 is 5.25. The lowest BCUT2D eigenvalue weighted by atomic mass is 10.1. The molecule has 2 heterocycles. The topological polar surface area (TPSA) is 66.8 Å². The molecule has 0 aliphatic carbocycles. The average Bonchev–Trinajstić information content (AvgIpc) is 2.56. The Morgan fingerprint density at radius 1 is 1.42 bits per heavy atom. The van der Waals surface area contributed by atoms with Crippen molar-refractivity contribution >= 4 is 34.6 Å². The van der Waals surface area contributed by atoms with Crippen molar-refractivity contribution in [2.75, 3.05) is 32.8 Å². The number of benzene rings is 1. The molecular weight excluding hydrogens is 328 g/mol. The van der Waals surface area contributed by atoms with Gasteiger partial charge in [0.1, 0.15) is 5.15 Å². The Morgan fingerprint density at radius 2 is 2.21 bits per heavy atom. The fourth-order valence-electron chi connectivity index (χ4n) is 2.55. The number of hydrazone groups is 1. The fraction of sp³-hybridized carbons (Fsp3) is 0.353. The van der Waals surface area contributed by atoms with Crippen LogP contribution in [0.25, 0.3) is 10.9 Å². The first-order chi connectivity index (χ1) is 11.6. The number of carbonyl (C=O) groups excluding carboxylic acids is 1. The predicted octanol–water partition coefficient (Wildman–Crippen LogP) is 1.98. The van der Waals surface area contributed by atoms with Crippen LogP contribution in [0.1, 0.15) is 11.1 Å². The van der Waals surface area contributed by atoms with Crippen LogP contribution in [-0.4, -0.2) is 54.9 Å². The van der Waals surface area contributed by atoms with Crippen LogP contribution in [0.3, 0.4) is 0 Å². The van der Waals surface area contributed by atoms with Gasteiger partial charge in [-0.15, -0.1) is 0 Å². The van der Waals surface area contributed by atoms with E-state index in [0.717, 1.165) is 29.6 Å². The second-order valence-electron chi connectivity index (χ2n) is 5.75. The molecule has 0 saturated carbocycles. The number of halogens is 1. The Balaban J connectivity index is 1.64. The van der Waals surface area contributed by atoms with E-state index < -0.39 is 0 Å². The van der Waals surface area contributed by atoms with Crippen molar-refractivity contribution in [1.29, 1.82) is 0 Å². The summed E-state index contributed by atoms with van der Waals surface area (Å²) in [6.45, 7) is 5.17. The van der Waals surface area contributed by atoms with Gasteiger partial charge in [0.05, 0.1) is 31.5 Å². The third-order valence-corrected chi connectivity index (χ3v) is 4.12. The lowest BCUT2D eigenvalue weighted by molar-refractivity contribution is -0.123. The van der Waals surface area contributed by atoms with E-state index in [1.165, 1.54) is 6.21 Å². The number of carbonyl (C=O) groups is 1. The normalized spacial score (nSPS) is 15.9. The Kier molecular flexibility index (Phi) is 5.40. The van der Waals surface area contributed by atoms with Gasteiger partial charge in [0.2, 0.25) is 0 Å². The van der Waals surface area contributed by atoms with Gasteiger partial charge in [-0.05, 0) is 25.1 Å². The van der Waals surface area contributed by atoms with Crippen LogP contribution in [0.4, 0.5) is 0 Å². The first-order valence-corrected chi connectivity index (χ1v) is 8.18. The number of nitrogens with one attached hydrogen (secondary N) is 1. The Morgan fingerprint density at radius 3 is 3.00 bits per heavy atom. The number of hydrogen-bond donors (Lipinski definition) is 1. The van der Waals surface area contributed by atoms with E-state index in [-0.39, 0.29) is 5.91 Å². The number of nitrogens with zero attached hydrogens (tertiary/aromatic N) is 3. The van der Waals surface area contributed by atoms with E-state index in [9.17, 15) is 4.79 Å². The maximum Gasteiger partial charge on any atom is 0.254 e. The van der Waals surface area contributed by atoms with Gasteiger partial charge in [-0.1, -0.05) is 23.2 Å². The number of amides is 1. The van der Waals surface area contributed by atoms with Crippen molar-refractivity contribution in [3.8, 4) is 0 Å². The molecule has 0 atom stereocenters. The second kappa shape index (κ2) is 7.70. The Labute approximate surface area is 145 Å². The molecule has 0 spiro atoms. The lowest BCUT2D eigenvalue weighted by Gasteiger charge is -2.25. The molecule has 0 radical (unpaired) electrons. The minimum Gasteiger partial charge on any atom is -0.379 e. The van der Waals surface area contributed by atoms with E-state index in [4.69, 9.17) is 16.3 Å². The molecule has 0 unspecified atom stereocenters. The van der Waals surface area contributed by atoms with Gasteiger partial charge >= 0.3 is 0 Å². The Bertz CT molecular complexity index is 773. The third kappa shape index (κ3) is 4.29. The molecule has 126 valence electrons. The van der Waals surface area contributed by atoms with Crippen molar-refractivity contribution in [2.45, 2.75) is 6.92 Å². The number of pyridine rings is 1. The van der Waals surface area contributed by atoms with E-state index in [0.29, 0.717) is 30.5 Å². The summed E-state index contributed by atoms with van der Waals surface area (Å²) in [7, 11) is 0. The van der Waals surface area contributed by atoms with Crippen LogP contribution >= 0.6 is 11.6 Å². The second-order valence-corrected chi connectivity index (χ2v) is 6.10. The summed E-state index contributed by atoms with van der Waals surface area (Å²) in [6.07, 6.45) is 1.52. The summed E-state index contributed by atoms with van der Waals surface area (Å²) in [6, 6.07) is 7.87.